The lowest BCUT2D eigenvalue weighted by molar-refractivity contribution is -0.275. The number of alkyl halides is 3. The summed E-state index contributed by atoms with van der Waals surface area (Å²) in [5.74, 6) is -1.01. The zero-order chi connectivity index (χ0) is 17.3. The fraction of sp³-hybridized carbons (Fsp3) is 0.294. The number of hydrogen-bond acceptors (Lipinski definition) is 3. The van der Waals surface area contributed by atoms with E-state index in [1.807, 2.05) is 0 Å². The van der Waals surface area contributed by atoms with Gasteiger partial charge in [0.05, 0.1) is 0 Å². The van der Waals surface area contributed by atoms with Gasteiger partial charge >= 0.3 is 6.36 Å². The fourth-order valence-electron chi connectivity index (χ4n) is 2.36. The minimum Gasteiger partial charge on any atom is -0.484 e. The van der Waals surface area contributed by atoms with Crippen LogP contribution in [0.15, 0.2) is 36.4 Å². The van der Waals surface area contributed by atoms with E-state index in [0.29, 0.717) is 13.1 Å². The molecule has 1 N–H and O–H groups in total. The Morgan fingerprint density at radius 3 is 2.42 bits per heavy atom. The number of nitrogens with one attached hydrogen (secondary N) is 1. The van der Waals surface area contributed by atoms with Crippen molar-refractivity contribution in [2.75, 3.05) is 13.1 Å². The molecule has 2 aromatic carbocycles. The Morgan fingerprint density at radius 1 is 1.04 bits per heavy atom. The van der Waals surface area contributed by atoms with Crippen molar-refractivity contribution in [1.82, 2.24) is 5.32 Å². The van der Waals surface area contributed by atoms with E-state index in [1.165, 1.54) is 18.2 Å². The zero-order valence-corrected chi connectivity index (χ0v) is 12.8. The highest BCUT2D eigenvalue weighted by Crippen LogP contribution is 2.37. The first-order chi connectivity index (χ1) is 11.3. The van der Waals surface area contributed by atoms with Gasteiger partial charge < -0.3 is 14.8 Å². The van der Waals surface area contributed by atoms with E-state index in [9.17, 15) is 17.6 Å². The molecular formula is C17H15F4NO2. The maximum absolute atomic E-state index is 14.0. The van der Waals surface area contributed by atoms with Crippen molar-refractivity contribution in [2.45, 2.75) is 19.4 Å². The van der Waals surface area contributed by atoms with Crippen LogP contribution in [-0.2, 0) is 0 Å². The van der Waals surface area contributed by atoms with Crippen molar-refractivity contribution >= 4 is 0 Å². The summed E-state index contributed by atoms with van der Waals surface area (Å²) >= 11 is 0. The predicted molar refractivity (Wildman–Crippen MR) is 80.5 cm³/mol. The van der Waals surface area contributed by atoms with Gasteiger partial charge in [-0.3, -0.25) is 0 Å². The van der Waals surface area contributed by atoms with Crippen molar-refractivity contribution in [2.24, 2.45) is 0 Å². The molecule has 1 aliphatic heterocycles. The van der Waals surface area contributed by atoms with E-state index < -0.39 is 17.9 Å². The first-order valence-electron chi connectivity index (χ1n) is 7.35. The van der Waals surface area contributed by atoms with Gasteiger partial charge in [0, 0.05) is 18.7 Å². The Hall–Kier alpha value is -2.28. The Kier molecular flexibility index (Phi) is 4.36. The monoisotopic (exact) mass is 341 g/mol. The minimum absolute atomic E-state index is 0.0179. The number of benzene rings is 2. The van der Waals surface area contributed by atoms with Gasteiger partial charge in [0.25, 0.3) is 0 Å². The third-order valence-electron chi connectivity index (χ3n) is 3.64. The fourth-order valence-corrected chi connectivity index (χ4v) is 2.36. The van der Waals surface area contributed by atoms with Crippen molar-refractivity contribution < 1.29 is 27.0 Å². The number of aryl methyl sites for hydroxylation is 1. The van der Waals surface area contributed by atoms with E-state index >= 15 is 0 Å². The van der Waals surface area contributed by atoms with Crippen molar-refractivity contribution in [3.63, 3.8) is 0 Å². The van der Waals surface area contributed by atoms with E-state index in [4.69, 9.17) is 4.74 Å². The van der Waals surface area contributed by atoms with Gasteiger partial charge in [-0.15, -0.1) is 13.2 Å². The number of halogens is 4. The minimum atomic E-state index is -4.86. The van der Waals surface area contributed by atoms with Crippen LogP contribution in [0.1, 0.15) is 5.56 Å². The Labute approximate surface area is 136 Å². The molecule has 24 heavy (non-hydrogen) atoms. The van der Waals surface area contributed by atoms with E-state index in [0.717, 1.165) is 11.6 Å². The van der Waals surface area contributed by atoms with Crippen LogP contribution in [0.25, 0.3) is 11.1 Å². The van der Waals surface area contributed by atoms with Crippen LogP contribution in [0.4, 0.5) is 17.6 Å². The second kappa shape index (κ2) is 6.32. The van der Waals surface area contributed by atoms with Gasteiger partial charge in [-0.2, -0.15) is 0 Å². The van der Waals surface area contributed by atoms with E-state index in [2.05, 4.69) is 10.1 Å². The second-order valence-corrected chi connectivity index (χ2v) is 5.59. The van der Waals surface area contributed by atoms with Crippen molar-refractivity contribution in [3.05, 3.63) is 47.8 Å². The average molecular weight is 341 g/mol. The van der Waals surface area contributed by atoms with Gasteiger partial charge in [-0.1, -0.05) is 17.7 Å². The summed E-state index contributed by atoms with van der Waals surface area (Å²) in [6.45, 7) is 2.89. The summed E-state index contributed by atoms with van der Waals surface area (Å²) in [5.41, 5.74) is 1.29. The SMILES string of the molecule is Cc1ccc(F)c(-c2ccc(OC3CNC3)c(OC(F)(F)F)c2)c1. The molecule has 0 amide bonds. The van der Waals surface area contributed by atoms with Crippen molar-refractivity contribution in [1.29, 1.82) is 0 Å². The molecule has 0 bridgehead atoms. The lowest BCUT2D eigenvalue weighted by Gasteiger charge is -2.28. The average Bonchev–Trinajstić information content (AvgIpc) is 2.45. The molecule has 7 heteroatoms. The Morgan fingerprint density at radius 2 is 1.79 bits per heavy atom. The van der Waals surface area contributed by atoms with Crippen LogP contribution >= 0.6 is 0 Å². The highest BCUT2D eigenvalue weighted by Gasteiger charge is 2.33. The number of ether oxygens (including phenoxy) is 2. The molecule has 0 aliphatic carbocycles. The normalized spacial score (nSPS) is 15.0. The largest absolute Gasteiger partial charge is 0.573 e. The molecule has 1 fully saturated rings. The smallest absolute Gasteiger partial charge is 0.484 e. The lowest BCUT2D eigenvalue weighted by Crippen LogP contribution is -2.50. The van der Waals surface area contributed by atoms with Crippen molar-refractivity contribution in [3.8, 4) is 22.6 Å². The third kappa shape index (κ3) is 3.79. The molecule has 0 radical (unpaired) electrons. The highest BCUT2D eigenvalue weighted by atomic mass is 19.4. The van der Waals surface area contributed by atoms with Crippen LogP contribution in [0.3, 0.4) is 0 Å². The highest BCUT2D eigenvalue weighted by molar-refractivity contribution is 5.68. The van der Waals surface area contributed by atoms with Crippen LogP contribution in [0.2, 0.25) is 0 Å². The molecule has 0 spiro atoms. The molecule has 1 heterocycles. The van der Waals surface area contributed by atoms with Crippen LogP contribution in [0, 0.1) is 12.7 Å². The molecule has 0 saturated carbocycles. The predicted octanol–water partition coefficient (Wildman–Crippen LogP) is 4.05. The first kappa shape index (κ1) is 16.6. The van der Waals surface area contributed by atoms with Gasteiger partial charge in [0.1, 0.15) is 11.9 Å². The molecule has 0 unspecified atom stereocenters. The van der Waals surface area contributed by atoms with Gasteiger partial charge in [0.2, 0.25) is 0 Å². The molecule has 1 aliphatic rings. The standard InChI is InChI=1S/C17H15F4NO2/c1-10-2-4-14(18)13(6-10)11-3-5-15(23-12-8-22-9-12)16(7-11)24-17(19,20)21/h2-7,12,22H,8-9H2,1H3. The summed E-state index contributed by atoms with van der Waals surface area (Å²) in [7, 11) is 0. The molecule has 3 rings (SSSR count). The maximum atomic E-state index is 14.0. The van der Waals surface area contributed by atoms with Crippen LogP contribution in [0.5, 0.6) is 11.5 Å². The zero-order valence-electron chi connectivity index (χ0n) is 12.8. The maximum Gasteiger partial charge on any atom is 0.573 e. The Balaban J connectivity index is 1.99. The van der Waals surface area contributed by atoms with E-state index in [-0.39, 0.29) is 23.0 Å². The first-order valence-corrected chi connectivity index (χ1v) is 7.35. The Bertz CT molecular complexity index is 742. The molecule has 3 nitrogen and oxygen atoms in total. The second-order valence-electron chi connectivity index (χ2n) is 5.59. The quantitative estimate of drug-likeness (QED) is 0.851. The summed E-state index contributed by atoms with van der Waals surface area (Å²) in [6, 6.07) is 8.47. The molecule has 128 valence electrons. The van der Waals surface area contributed by atoms with Gasteiger partial charge in [-0.25, -0.2) is 4.39 Å². The van der Waals surface area contributed by atoms with Gasteiger partial charge in [0.15, 0.2) is 11.5 Å². The molecule has 0 atom stereocenters. The lowest BCUT2D eigenvalue weighted by atomic mass is 10.0. The topological polar surface area (TPSA) is 30.5 Å². The summed E-state index contributed by atoms with van der Waals surface area (Å²) < 4.78 is 61.6. The summed E-state index contributed by atoms with van der Waals surface area (Å²) in [4.78, 5) is 0. The molecule has 2 aromatic rings. The number of rotatable bonds is 4. The molecule has 0 aromatic heterocycles. The van der Waals surface area contributed by atoms with Crippen LogP contribution < -0.4 is 14.8 Å². The summed E-state index contributed by atoms with van der Waals surface area (Å²) in [6.07, 6.45) is -5.07. The summed E-state index contributed by atoms with van der Waals surface area (Å²) in [5, 5.41) is 2.96. The molecule has 1 saturated heterocycles. The van der Waals surface area contributed by atoms with Crippen LogP contribution in [-0.4, -0.2) is 25.6 Å². The van der Waals surface area contributed by atoms with Gasteiger partial charge in [-0.05, 0) is 36.8 Å². The third-order valence-corrected chi connectivity index (χ3v) is 3.64. The number of hydrogen-bond donors (Lipinski definition) is 1. The molecular weight excluding hydrogens is 326 g/mol. The van der Waals surface area contributed by atoms with E-state index in [1.54, 1.807) is 19.1 Å².